The summed E-state index contributed by atoms with van der Waals surface area (Å²) >= 11 is 0. The molecule has 10 heteroatoms. The zero-order chi connectivity index (χ0) is 34.4. The Kier molecular flexibility index (Phi) is 7.87. The van der Waals surface area contributed by atoms with E-state index >= 15 is 8.78 Å². The Morgan fingerprint density at radius 2 is 1.65 bits per heavy atom. The lowest BCUT2D eigenvalue weighted by Gasteiger charge is -2.59. The molecule has 1 aromatic carbocycles. The molecule has 1 aromatic heterocycles. The van der Waals surface area contributed by atoms with Crippen molar-refractivity contribution in [3.63, 3.8) is 0 Å². The lowest BCUT2D eigenvalue weighted by atomic mass is 9.49. The van der Waals surface area contributed by atoms with Crippen LogP contribution in [-0.2, 0) is 9.47 Å². The summed E-state index contributed by atoms with van der Waals surface area (Å²) in [6.07, 6.45) is 0.743. The average Bonchev–Trinajstić information content (AvgIpc) is 3.32. The van der Waals surface area contributed by atoms with Gasteiger partial charge in [0.1, 0.15) is 5.60 Å². The van der Waals surface area contributed by atoms with Gasteiger partial charge >= 0.3 is 12.1 Å². The van der Waals surface area contributed by atoms with Crippen LogP contribution >= 0.6 is 0 Å². The van der Waals surface area contributed by atoms with Crippen LogP contribution in [-0.4, -0.2) is 57.5 Å². The molecular formula is C38H44F5NO4. The molecule has 1 aliphatic heterocycles. The fourth-order valence-electron chi connectivity index (χ4n) is 9.84. The highest BCUT2D eigenvalue weighted by Gasteiger charge is 2.79. The number of nitrogens with zero attached hydrogens (tertiary/aromatic N) is 1. The number of rotatable bonds is 4. The molecule has 1 spiro atoms. The molecular weight excluding hydrogens is 629 g/mol. The number of aliphatic hydroxyl groups is 2. The summed E-state index contributed by atoms with van der Waals surface area (Å²) in [6.45, 7) is 6.54. The SMILES string of the molecule is CC1(C)COC2(CCC3=C4[C@@H](CC[C@@]3(O)C2)[C@@H]2CC[C@@](O)(C(F)(F)C(F)(F)F)[C@@]2(C)C[C@@H]4c2cccc(/C=C/c3ccccn3)c2)OC1. The van der Waals surface area contributed by atoms with E-state index in [0.717, 1.165) is 28.0 Å². The second-order valence-corrected chi connectivity index (χ2v) is 15.9. The van der Waals surface area contributed by atoms with Crippen molar-refractivity contribution < 1.29 is 41.6 Å². The van der Waals surface area contributed by atoms with Gasteiger partial charge in [-0.3, -0.25) is 4.98 Å². The van der Waals surface area contributed by atoms with Crippen LogP contribution in [0.4, 0.5) is 22.0 Å². The Bertz CT molecular complexity index is 1610. The Balaban J connectivity index is 1.33. The maximum atomic E-state index is 15.4. The van der Waals surface area contributed by atoms with Crippen molar-refractivity contribution in [2.45, 2.75) is 107 Å². The van der Waals surface area contributed by atoms with Crippen molar-refractivity contribution in [3.05, 3.63) is 76.6 Å². The fourth-order valence-corrected chi connectivity index (χ4v) is 9.84. The maximum Gasteiger partial charge on any atom is 0.456 e. The fraction of sp³-hybridized carbons (Fsp3) is 0.605. The molecule has 2 N–H and O–H groups in total. The van der Waals surface area contributed by atoms with Crippen molar-refractivity contribution in [2.75, 3.05) is 13.2 Å². The van der Waals surface area contributed by atoms with Gasteiger partial charge in [-0.05, 0) is 85.3 Å². The Hall–Kier alpha value is -2.66. The number of alkyl halides is 5. The molecule has 0 amide bonds. The number of ether oxygens (including phenoxy) is 2. The van der Waals surface area contributed by atoms with Gasteiger partial charge in [-0.2, -0.15) is 22.0 Å². The van der Waals surface area contributed by atoms with Gasteiger partial charge in [0.05, 0.1) is 24.5 Å². The van der Waals surface area contributed by atoms with Crippen molar-refractivity contribution in [2.24, 2.45) is 22.7 Å². The van der Waals surface area contributed by atoms with Gasteiger partial charge in [0.2, 0.25) is 0 Å². The molecule has 2 aromatic rings. The summed E-state index contributed by atoms with van der Waals surface area (Å²) in [5, 5.41) is 24.0. The van der Waals surface area contributed by atoms with E-state index in [1.165, 1.54) is 6.92 Å². The molecule has 48 heavy (non-hydrogen) atoms. The number of pyridine rings is 1. The number of allylic oxidation sites excluding steroid dienone is 1. The van der Waals surface area contributed by atoms with Gasteiger partial charge < -0.3 is 19.7 Å². The van der Waals surface area contributed by atoms with Gasteiger partial charge in [0.25, 0.3) is 0 Å². The summed E-state index contributed by atoms with van der Waals surface area (Å²) < 4.78 is 85.5. The first-order valence-electron chi connectivity index (χ1n) is 17.0. The minimum absolute atomic E-state index is 0.0450. The maximum absolute atomic E-state index is 15.4. The first kappa shape index (κ1) is 33.8. The number of aromatic nitrogens is 1. The average molecular weight is 674 g/mol. The number of benzene rings is 1. The highest BCUT2D eigenvalue weighted by molar-refractivity contribution is 5.68. The van der Waals surface area contributed by atoms with Gasteiger partial charge in [-0.1, -0.05) is 62.8 Å². The van der Waals surface area contributed by atoms with Crippen LogP contribution in [0.15, 0.2) is 59.8 Å². The summed E-state index contributed by atoms with van der Waals surface area (Å²) in [4.78, 5) is 4.33. The largest absolute Gasteiger partial charge is 0.456 e. The normalized spacial score (nSPS) is 36.2. The predicted molar refractivity (Wildman–Crippen MR) is 171 cm³/mol. The zero-order valence-electron chi connectivity index (χ0n) is 27.6. The quantitative estimate of drug-likeness (QED) is 0.252. The second kappa shape index (κ2) is 11.2. The zero-order valence-corrected chi connectivity index (χ0v) is 27.6. The van der Waals surface area contributed by atoms with Crippen LogP contribution in [0, 0.1) is 22.7 Å². The third-order valence-corrected chi connectivity index (χ3v) is 12.3. The first-order chi connectivity index (χ1) is 22.4. The van der Waals surface area contributed by atoms with Gasteiger partial charge in [-0.15, -0.1) is 0 Å². The van der Waals surface area contributed by atoms with E-state index in [4.69, 9.17) is 9.47 Å². The van der Waals surface area contributed by atoms with E-state index in [1.54, 1.807) is 6.20 Å². The van der Waals surface area contributed by atoms with Crippen LogP contribution in [0.3, 0.4) is 0 Å². The lowest BCUT2D eigenvalue weighted by molar-refractivity contribution is -0.362. The number of fused-ring (bicyclic) bond motifs is 4. The smallest absolute Gasteiger partial charge is 0.385 e. The van der Waals surface area contributed by atoms with Crippen LogP contribution < -0.4 is 0 Å². The molecule has 4 aliphatic carbocycles. The third kappa shape index (κ3) is 5.19. The van der Waals surface area contributed by atoms with Crippen molar-refractivity contribution in [1.29, 1.82) is 0 Å². The van der Waals surface area contributed by atoms with E-state index in [1.807, 2.05) is 54.6 Å². The lowest BCUT2D eigenvalue weighted by Crippen LogP contribution is -2.65. The van der Waals surface area contributed by atoms with E-state index in [2.05, 4.69) is 18.8 Å². The molecule has 1 saturated heterocycles. The summed E-state index contributed by atoms with van der Waals surface area (Å²) in [6, 6.07) is 13.1. The monoisotopic (exact) mass is 673 g/mol. The predicted octanol–water partition coefficient (Wildman–Crippen LogP) is 8.48. The summed E-state index contributed by atoms with van der Waals surface area (Å²) in [7, 11) is 0. The summed E-state index contributed by atoms with van der Waals surface area (Å²) in [5.74, 6) is -7.78. The Labute approximate surface area is 278 Å². The number of halogens is 5. The standard InChI is InChI=1S/C38H44F5NO4/c1-32(2)22-47-35(48-23-32)16-13-30-31-27(12-15-34(30,45)21-35)29-14-17-36(46,37(39,40)38(41,42)43)33(29,3)20-28(31)25-8-6-7-24(19-25)10-11-26-9-4-5-18-44-26/h4-11,18-19,27-29,45-46H,12-17,20-23H2,1-3H3/b11-10+/t27-,28+,29-,33-,34+,36-/m0/s1. The van der Waals surface area contributed by atoms with Crippen LogP contribution in [0.25, 0.3) is 12.2 Å². The van der Waals surface area contributed by atoms with E-state index in [-0.39, 0.29) is 30.6 Å². The first-order valence-corrected chi connectivity index (χ1v) is 17.0. The topological polar surface area (TPSA) is 71.8 Å². The molecule has 3 saturated carbocycles. The minimum Gasteiger partial charge on any atom is -0.385 e. The van der Waals surface area contributed by atoms with Crippen molar-refractivity contribution in [1.82, 2.24) is 4.98 Å². The minimum atomic E-state index is -5.90. The van der Waals surface area contributed by atoms with Gasteiger partial charge in [0.15, 0.2) is 5.79 Å². The second-order valence-electron chi connectivity index (χ2n) is 15.9. The molecule has 260 valence electrons. The molecule has 6 atom stereocenters. The molecule has 7 rings (SSSR count). The molecule has 0 radical (unpaired) electrons. The molecule has 5 nitrogen and oxygen atoms in total. The highest BCUT2D eigenvalue weighted by Crippen LogP contribution is 2.71. The van der Waals surface area contributed by atoms with Crippen LogP contribution in [0.2, 0.25) is 0 Å². The molecule has 0 bridgehead atoms. The van der Waals surface area contributed by atoms with Crippen molar-refractivity contribution >= 4 is 12.2 Å². The summed E-state index contributed by atoms with van der Waals surface area (Å²) in [5.41, 5.74) is -2.34. The van der Waals surface area contributed by atoms with Gasteiger partial charge in [0, 0.05) is 35.8 Å². The molecule has 4 fully saturated rings. The Morgan fingerprint density at radius 1 is 0.896 bits per heavy atom. The van der Waals surface area contributed by atoms with Crippen LogP contribution in [0.1, 0.15) is 94.9 Å². The van der Waals surface area contributed by atoms with Crippen LogP contribution in [0.5, 0.6) is 0 Å². The Morgan fingerprint density at radius 3 is 2.33 bits per heavy atom. The number of hydrogen-bond donors (Lipinski definition) is 2. The van der Waals surface area contributed by atoms with Crippen molar-refractivity contribution in [3.8, 4) is 0 Å². The highest BCUT2D eigenvalue weighted by atomic mass is 19.4. The van der Waals surface area contributed by atoms with E-state index in [9.17, 15) is 23.4 Å². The number of hydrogen-bond acceptors (Lipinski definition) is 5. The molecule has 5 aliphatic rings. The van der Waals surface area contributed by atoms with E-state index < -0.39 is 52.8 Å². The molecule has 2 heterocycles. The third-order valence-electron chi connectivity index (χ3n) is 12.3. The van der Waals surface area contributed by atoms with E-state index in [0.29, 0.717) is 38.9 Å². The van der Waals surface area contributed by atoms with Gasteiger partial charge in [-0.25, -0.2) is 0 Å². The molecule has 0 unspecified atom stereocenters.